The van der Waals surface area contributed by atoms with Gasteiger partial charge in [-0.05, 0) is 17.5 Å². The van der Waals surface area contributed by atoms with Gasteiger partial charge < -0.3 is 5.32 Å². The number of carbonyl (C=O) groups is 1. The van der Waals surface area contributed by atoms with Crippen LogP contribution in [0.4, 0.5) is 4.39 Å². The molecule has 4 nitrogen and oxygen atoms in total. The molecule has 0 unspecified atom stereocenters. The summed E-state index contributed by atoms with van der Waals surface area (Å²) in [6, 6.07) is 1.92. The molecule has 1 aromatic carbocycles. The number of hydrogen-bond acceptors (Lipinski definition) is 3. The van der Waals surface area contributed by atoms with E-state index in [-0.39, 0.29) is 10.4 Å². The third-order valence-corrected chi connectivity index (χ3v) is 3.83. The Bertz CT molecular complexity index is 639. The number of nitrogens with one attached hydrogen (secondary N) is 1. The topological polar surface area (TPSA) is 63.2 Å². The van der Waals surface area contributed by atoms with Crippen molar-refractivity contribution in [1.82, 2.24) is 5.32 Å². The van der Waals surface area contributed by atoms with Gasteiger partial charge in [-0.2, -0.15) is 0 Å². The van der Waals surface area contributed by atoms with Crippen molar-refractivity contribution in [2.75, 3.05) is 6.54 Å². The lowest BCUT2D eigenvalue weighted by atomic mass is 9.97. The van der Waals surface area contributed by atoms with Crippen LogP contribution >= 0.6 is 22.3 Å². The molecule has 0 fully saturated rings. The van der Waals surface area contributed by atoms with Gasteiger partial charge in [-0.3, -0.25) is 4.79 Å². The first-order valence-electron chi connectivity index (χ1n) is 5.64. The first kappa shape index (κ1) is 17.2. The van der Waals surface area contributed by atoms with Crippen LogP contribution in [-0.2, 0) is 9.05 Å². The maximum atomic E-state index is 14.0. The van der Waals surface area contributed by atoms with Crippen molar-refractivity contribution in [3.63, 3.8) is 0 Å². The third-order valence-electron chi connectivity index (χ3n) is 2.29. The van der Waals surface area contributed by atoms with Crippen LogP contribution in [0.1, 0.15) is 31.1 Å². The average Bonchev–Trinajstić information content (AvgIpc) is 2.26. The quantitative estimate of drug-likeness (QED) is 0.858. The highest BCUT2D eigenvalue weighted by atomic mass is 35.7. The lowest BCUT2D eigenvalue weighted by Crippen LogP contribution is -2.33. The van der Waals surface area contributed by atoms with Crippen molar-refractivity contribution in [2.24, 2.45) is 5.41 Å². The van der Waals surface area contributed by atoms with Crippen LogP contribution < -0.4 is 5.32 Å². The molecular formula is C12H14Cl2FNO3S. The number of benzene rings is 1. The zero-order valence-electron chi connectivity index (χ0n) is 11.1. The van der Waals surface area contributed by atoms with E-state index in [4.69, 9.17) is 22.3 Å². The van der Waals surface area contributed by atoms with E-state index in [2.05, 4.69) is 5.32 Å². The Morgan fingerprint density at radius 1 is 1.35 bits per heavy atom. The molecule has 1 N–H and O–H groups in total. The fraction of sp³-hybridized carbons (Fsp3) is 0.417. The van der Waals surface area contributed by atoms with Crippen LogP contribution in [0.3, 0.4) is 0 Å². The predicted molar refractivity (Wildman–Crippen MR) is 76.2 cm³/mol. The summed E-state index contributed by atoms with van der Waals surface area (Å²) in [5, 5.41) is 2.42. The van der Waals surface area contributed by atoms with E-state index in [1.807, 2.05) is 20.8 Å². The van der Waals surface area contributed by atoms with Gasteiger partial charge in [-0.1, -0.05) is 32.4 Å². The minimum Gasteiger partial charge on any atom is -0.351 e. The second-order valence-electron chi connectivity index (χ2n) is 5.45. The van der Waals surface area contributed by atoms with Gasteiger partial charge in [0.25, 0.3) is 15.0 Å². The molecule has 0 saturated carbocycles. The van der Waals surface area contributed by atoms with Crippen molar-refractivity contribution in [1.29, 1.82) is 0 Å². The van der Waals surface area contributed by atoms with E-state index < -0.39 is 31.2 Å². The van der Waals surface area contributed by atoms with Gasteiger partial charge in [0.1, 0.15) is 4.90 Å². The van der Waals surface area contributed by atoms with Crippen molar-refractivity contribution in [3.8, 4) is 0 Å². The zero-order valence-corrected chi connectivity index (χ0v) is 13.5. The second-order valence-corrected chi connectivity index (χ2v) is 8.42. The summed E-state index contributed by atoms with van der Waals surface area (Å²) >= 11 is 5.69. The van der Waals surface area contributed by atoms with E-state index in [0.29, 0.717) is 6.54 Å². The van der Waals surface area contributed by atoms with Crippen molar-refractivity contribution in [2.45, 2.75) is 25.7 Å². The highest BCUT2D eigenvalue weighted by Crippen LogP contribution is 2.26. The minimum atomic E-state index is -4.32. The summed E-state index contributed by atoms with van der Waals surface area (Å²) in [7, 11) is 0.781. The molecule has 0 aromatic heterocycles. The Kier molecular flexibility index (Phi) is 5.05. The molecule has 0 saturated heterocycles. The van der Waals surface area contributed by atoms with E-state index >= 15 is 0 Å². The Labute approximate surface area is 126 Å². The summed E-state index contributed by atoms with van der Waals surface area (Å²) in [5.41, 5.74) is -0.660. The molecule has 112 valence electrons. The fourth-order valence-corrected chi connectivity index (χ4v) is 2.56. The molecule has 1 aromatic rings. The van der Waals surface area contributed by atoms with Crippen molar-refractivity contribution < 1.29 is 17.6 Å². The Hall–Kier alpha value is -0.850. The third kappa shape index (κ3) is 4.61. The number of halogens is 3. The number of carbonyl (C=O) groups excluding carboxylic acids is 1. The maximum absolute atomic E-state index is 14.0. The summed E-state index contributed by atoms with van der Waals surface area (Å²) in [5.74, 6) is -1.96. The van der Waals surface area contributed by atoms with Crippen molar-refractivity contribution in [3.05, 3.63) is 28.5 Å². The first-order chi connectivity index (χ1) is 8.92. The highest BCUT2D eigenvalue weighted by molar-refractivity contribution is 8.13. The lowest BCUT2D eigenvalue weighted by Gasteiger charge is -2.19. The predicted octanol–water partition coefficient (Wildman–Crippen LogP) is 3.18. The van der Waals surface area contributed by atoms with E-state index in [1.165, 1.54) is 0 Å². The number of hydrogen-bond donors (Lipinski definition) is 1. The molecular weight excluding hydrogens is 328 g/mol. The normalized spacial score (nSPS) is 12.3. The fourth-order valence-electron chi connectivity index (χ4n) is 1.35. The standard InChI is InChI=1S/C12H14Cl2FNO3S/c1-12(2,3)6-16-11(17)8-4-7(13)5-9(10(8)15)20(14,18)19/h4-5H,6H2,1-3H3,(H,16,17). The van der Waals surface area contributed by atoms with Crippen LogP contribution in [0.25, 0.3) is 0 Å². The zero-order chi connectivity index (χ0) is 15.7. The molecule has 0 aliphatic rings. The minimum absolute atomic E-state index is 0.0912. The van der Waals surface area contributed by atoms with Gasteiger partial charge in [0.2, 0.25) is 0 Å². The van der Waals surface area contributed by atoms with Gasteiger partial charge in [0.05, 0.1) is 5.56 Å². The van der Waals surface area contributed by atoms with Gasteiger partial charge in [-0.25, -0.2) is 12.8 Å². The second kappa shape index (κ2) is 5.87. The van der Waals surface area contributed by atoms with Gasteiger partial charge in [-0.15, -0.1) is 0 Å². The van der Waals surface area contributed by atoms with Gasteiger partial charge in [0, 0.05) is 22.2 Å². The van der Waals surface area contributed by atoms with Crippen LogP contribution in [0.5, 0.6) is 0 Å². The van der Waals surface area contributed by atoms with E-state index in [1.54, 1.807) is 0 Å². The lowest BCUT2D eigenvalue weighted by molar-refractivity contribution is 0.0934. The summed E-state index contributed by atoms with van der Waals surface area (Å²) in [6.07, 6.45) is 0. The largest absolute Gasteiger partial charge is 0.351 e. The first-order valence-corrected chi connectivity index (χ1v) is 8.32. The van der Waals surface area contributed by atoms with Crippen LogP contribution in [0.15, 0.2) is 17.0 Å². The highest BCUT2D eigenvalue weighted by Gasteiger charge is 2.24. The van der Waals surface area contributed by atoms with Crippen LogP contribution in [0.2, 0.25) is 5.02 Å². The number of rotatable bonds is 3. The molecule has 1 rings (SSSR count). The van der Waals surface area contributed by atoms with Crippen LogP contribution in [-0.4, -0.2) is 20.9 Å². The number of amides is 1. The molecule has 0 radical (unpaired) electrons. The molecule has 0 aliphatic heterocycles. The van der Waals surface area contributed by atoms with Crippen LogP contribution in [0, 0.1) is 11.2 Å². The summed E-state index contributed by atoms with van der Waals surface area (Å²) in [4.78, 5) is 11.1. The van der Waals surface area contributed by atoms with E-state index in [9.17, 15) is 17.6 Å². The molecule has 1 amide bonds. The van der Waals surface area contributed by atoms with E-state index in [0.717, 1.165) is 12.1 Å². The van der Waals surface area contributed by atoms with Gasteiger partial charge >= 0.3 is 0 Å². The Balaban J connectivity index is 3.20. The smallest absolute Gasteiger partial charge is 0.264 e. The Morgan fingerprint density at radius 3 is 2.35 bits per heavy atom. The average molecular weight is 342 g/mol. The molecule has 20 heavy (non-hydrogen) atoms. The molecule has 8 heteroatoms. The summed E-state index contributed by atoms with van der Waals surface area (Å²) in [6.45, 7) is 5.95. The molecule has 0 spiro atoms. The van der Waals surface area contributed by atoms with Crippen molar-refractivity contribution >= 4 is 37.2 Å². The molecule has 0 atom stereocenters. The maximum Gasteiger partial charge on any atom is 0.264 e. The molecule has 0 bridgehead atoms. The van der Waals surface area contributed by atoms with Gasteiger partial charge in [0.15, 0.2) is 5.82 Å². The molecule has 0 aliphatic carbocycles. The SMILES string of the molecule is CC(C)(C)CNC(=O)c1cc(Cl)cc(S(=O)(=O)Cl)c1F. The Morgan fingerprint density at radius 2 is 1.90 bits per heavy atom. The molecule has 0 heterocycles. The summed E-state index contributed by atoms with van der Waals surface area (Å²) < 4.78 is 36.5. The monoisotopic (exact) mass is 341 g/mol.